The molecule has 0 rings (SSSR count). The van der Waals surface area contributed by atoms with Crippen molar-refractivity contribution in [2.45, 2.75) is 11.8 Å². The normalized spacial score (nSPS) is 16.1. The summed E-state index contributed by atoms with van der Waals surface area (Å²) in [5, 5.41) is 0. The molecule has 0 bridgehead atoms. The molecule has 0 saturated heterocycles. The summed E-state index contributed by atoms with van der Waals surface area (Å²) < 4.78 is 1.03. The Morgan fingerprint density at radius 2 is 1.75 bits per heavy atom. The molecule has 0 amide bonds. The Morgan fingerprint density at radius 3 is 1.75 bits per heavy atom. The summed E-state index contributed by atoms with van der Waals surface area (Å²) in [6.07, 6.45) is 0. The van der Waals surface area contributed by atoms with Crippen molar-refractivity contribution in [3.05, 3.63) is 0 Å². The summed E-state index contributed by atoms with van der Waals surface area (Å²) in [5.41, 5.74) is 0. The minimum absolute atomic E-state index is 0.627. The van der Waals surface area contributed by atoms with Gasteiger partial charge in [-0.1, -0.05) is 15.9 Å². The summed E-state index contributed by atoms with van der Waals surface area (Å²) in [7, 11) is 6.58. The van der Waals surface area contributed by atoms with Crippen molar-refractivity contribution in [1.82, 2.24) is 0 Å². The van der Waals surface area contributed by atoms with Gasteiger partial charge in [0.05, 0.1) is 32.5 Å². The van der Waals surface area contributed by atoms with E-state index < -0.39 is 0 Å². The molecule has 1 unspecified atom stereocenters. The first-order valence-electron chi connectivity index (χ1n) is 2.86. The number of alkyl halides is 1. The van der Waals surface area contributed by atoms with E-state index in [1.54, 1.807) is 0 Å². The lowest BCUT2D eigenvalue weighted by Gasteiger charge is -2.24. The first kappa shape index (κ1) is 8.44. The van der Waals surface area contributed by atoms with Crippen molar-refractivity contribution in [2.24, 2.45) is 0 Å². The van der Waals surface area contributed by atoms with E-state index in [-0.39, 0.29) is 0 Å². The number of halogens is 1. The molecule has 0 aromatic rings. The molecule has 1 nitrogen and oxygen atoms in total. The first-order chi connectivity index (χ1) is 3.42. The van der Waals surface area contributed by atoms with Crippen molar-refractivity contribution in [2.75, 3.05) is 27.7 Å². The van der Waals surface area contributed by atoms with E-state index in [1.807, 2.05) is 0 Å². The highest BCUT2D eigenvalue weighted by atomic mass is 79.9. The monoisotopic (exact) mass is 180 g/mol. The van der Waals surface area contributed by atoms with Crippen LogP contribution in [0.25, 0.3) is 0 Å². The molecule has 0 heterocycles. The number of hydrogen-bond donors (Lipinski definition) is 0. The highest BCUT2D eigenvalue weighted by Crippen LogP contribution is 2.02. The quantitative estimate of drug-likeness (QED) is 0.447. The Kier molecular flexibility index (Phi) is 2.99. The second kappa shape index (κ2) is 2.83. The second-order valence-electron chi connectivity index (χ2n) is 3.25. The molecule has 50 valence electrons. The summed E-state index contributed by atoms with van der Waals surface area (Å²) in [4.78, 5) is 0.627. The Morgan fingerprint density at radius 1 is 1.38 bits per heavy atom. The largest absolute Gasteiger partial charge is 0.330 e. The lowest BCUT2D eigenvalue weighted by Crippen LogP contribution is -2.38. The van der Waals surface area contributed by atoms with Crippen molar-refractivity contribution >= 4 is 15.9 Å². The van der Waals surface area contributed by atoms with Crippen LogP contribution in [-0.4, -0.2) is 37.0 Å². The molecule has 0 aliphatic carbocycles. The van der Waals surface area contributed by atoms with E-state index >= 15 is 0 Å². The molecular weight excluding hydrogens is 166 g/mol. The van der Waals surface area contributed by atoms with Crippen LogP contribution in [0, 0.1) is 0 Å². The number of nitrogens with zero attached hydrogens (tertiary/aromatic N) is 1. The fourth-order valence-electron chi connectivity index (χ4n) is 0.755. The average Bonchev–Trinajstić information content (AvgIpc) is 1.21. The fraction of sp³-hybridized carbons (Fsp3) is 1.00. The third kappa shape index (κ3) is 6.44. The van der Waals surface area contributed by atoms with E-state index in [1.165, 1.54) is 6.54 Å². The van der Waals surface area contributed by atoms with Gasteiger partial charge in [-0.2, -0.15) is 0 Å². The Labute approximate surface area is 60.4 Å². The lowest BCUT2D eigenvalue weighted by atomic mass is 10.4. The van der Waals surface area contributed by atoms with Gasteiger partial charge in [-0.25, -0.2) is 0 Å². The van der Waals surface area contributed by atoms with Gasteiger partial charge in [-0.15, -0.1) is 0 Å². The molecule has 0 aliphatic rings. The first-order valence-corrected chi connectivity index (χ1v) is 3.78. The Balaban J connectivity index is 3.39. The van der Waals surface area contributed by atoms with Crippen molar-refractivity contribution < 1.29 is 4.48 Å². The molecule has 0 N–H and O–H groups in total. The zero-order valence-corrected chi connectivity index (χ0v) is 7.70. The van der Waals surface area contributed by atoms with Crippen molar-refractivity contribution in [3.8, 4) is 0 Å². The molecular formula is C6H15BrN+. The van der Waals surface area contributed by atoms with Crippen LogP contribution in [0.1, 0.15) is 6.92 Å². The molecule has 0 spiro atoms. The van der Waals surface area contributed by atoms with E-state index in [4.69, 9.17) is 0 Å². The molecule has 1 atom stereocenters. The van der Waals surface area contributed by atoms with Crippen LogP contribution in [-0.2, 0) is 0 Å². The van der Waals surface area contributed by atoms with Crippen LogP contribution in [0.15, 0.2) is 0 Å². The average molecular weight is 181 g/mol. The third-order valence-electron chi connectivity index (χ3n) is 0.799. The lowest BCUT2D eigenvalue weighted by molar-refractivity contribution is -0.869. The molecule has 0 saturated carbocycles. The maximum absolute atomic E-state index is 3.49. The van der Waals surface area contributed by atoms with Crippen LogP contribution >= 0.6 is 15.9 Å². The highest BCUT2D eigenvalue weighted by Gasteiger charge is 2.09. The second-order valence-corrected chi connectivity index (χ2v) is 4.82. The van der Waals surface area contributed by atoms with Gasteiger partial charge >= 0.3 is 0 Å². The Bertz CT molecular complexity index is 63.4. The van der Waals surface area contributed by atoms with E-state index in [0.29, 0.717) is 4.83 Å². The van der Waals surface area contributed by atoms with Gasteiger partial charge in [0, 0.05) is 0 Å². The minimum Gasteiger partial charge on any atom is -0.330 e. The topological polar surface area (TPSA) is 0 Å². The SMILES string of the molecule is CC(Br)C[N+](C)(C)C. The van der Waals surface area contributed by atoms with Gasteiger partial charge in [0.2, 0.25) is 0 Å². The van der Waals surface area contributed by atoms with Gasteiger partial charge in [-0.3, -0.25) is 0 Å². The number of rotatable bonds is 2. The maximum Gasteiger partial charge on any atom is 0.0904 e. The molecule has 8 heavy (non-hydrogen) atoms. The predicted octanol–water partition coefficient (Wildman–Crippen LogP) is 1.48. The van der Waals surface area contributed by atoms with Crippen LogP contribution in [0.4, 0.5) is 0 Å². The zero-order chi connectivity index (χ0) is 6.78. The summed E-state index contributed by atoms with van der Waals surface area (Å²) in [6, 6.07) is 0. The van der Waals surface area contributed by atoms with Crippen molar-refractivity contribution in [3.63, 3.8) is 0 Å². The van der Waals surface area contributed by atoms with Gasteiger partial charge in [-0.05, 0) is 6.92 Å². The van der Waals surface area contributed by atoms with Crippen LogP contribution in [0.2, 0.25) is 0 Å². The zero-order valence-electron chi connectivity index (χ0n) is 6.11. The third-order valence-corrected chi connectivity index (χ3v) is 1.09. The van der Waals surface area contributed by atoms with Crippen molar-refractivity contribution in [1.29, 1.82) is 0 Å². The molecule has 0 aromatic carbocycles. The van der Waals surface area contributed by atoms with Gasteiger partial charge in [0.1, 0.15) is 0 Å². The Hall–Kier alpha value is 0.440. The minimum atomic E-state index is 0.627. The van der Waals surface area contributed by atoms with Gasteiger partial charge < -0.3 is 4.48 Å². The standard InChI is InChI=1S/C6H15BrN/c1-6(7)5-8(2,3)4/h6H,5H2,1-4H3/q+1. The number of hydrogen-bond acceptors (Lipinski definition) is 0. The summed E-state index contributed by atoms with van der Waals surface area (Å²) >= 11 is 3.49. The highest BCUT2D eigenvalue weighted by molar-refractivity contribution is 9.09. The summed E-state index contributed by atoms with van der Waals surface area (Å²) in [6.45, 7) is 3.35. The van der Waals surface area contributed by atoms with Gasteiger partial charge in [0.15, 0.2) is 0 Å². The maximum atomic E-state index is 3.49. The predicted molar refractivity (Wildman–Crippen MR) is 41.3 cm³/mol. The van der Waals surface area contributed by atoms with Crippen LogP contribution < -0.4 is 0 Å². The molecule has 0 radical (unpaired) electrons. The van der Waals surface area contributed by atoms with Crippen LogP contribution in [0.3, 0.4) is 0 Å². The summed E-state index contributed by atoms with van der Waals surface area (Å²) in [5.74, 6) is 0. The van der Waals surface area contributed by atoms with Gasteiger partial charge in [0.25, 0.3) is 0 Å². The van der Waals surface area contributed by atoms with E-state index in [0.717, 1.165) is 4.48 Å². The molecule has 0 fully saturated rings. The van der Waals surface area contributed by atoms with E-state index in [2.05, 4.69) is 44.0 Å². The molecule has 0 aromatic heterocycles. The van der Waals surface area contributed by atoms with Crippen LogP contribution in [0.5, 0.6) is 0 Å². The molecule has 2 heteroatoms. The molecule has 0 aliphatic heterocycles. The fourth-order valence-corrected chi connectivity index (χ4v) is 1.62. The number of quaternary nitrogens is 1. The van der Waals surface area contributed by atoms with E-state index in [9.17, 15) is 0 Å². The smallest absolute Gasteiger partial charge is 0.0904 e.